The van der Waals surface area contributed by atoms with Crippen molar-refractivity contribution < 1.29 is 9.59 Å². The van der Waals surface area contributed by atoms with Gasteiger partial charge in [-0.25, -0.2) is 0 Å². The fourth-order valence-electron chi connectivity index (χ4n) is 2.68. The van der Waals surface area contributed by atoms with E-state index in [1.165, 1.54) is 0 Å². The minimum absolute atomic E-state index is 0.0476. The van der Waals surface area contributed by atoms with Crippen molar-refractivity contribution in [3.05, 3.63) is 35.9 Å². The van der Waals surface area contributed by atoms with Gasteiger partial charge in [-0.3, -0.25) is 9.59 Å². The molecule has 0 saturated carbocycles. The van der Waals surface area contributed by atoms with Gasteiger partial charge < -0.3 is 16.4 Å². The highest BCUT2D eigenvalue weighted by Gasteiger charge is 2.40. The van der Waals surface area contributed by atoms with Crippen LogP contribution < -0.4 is 11.5 Å². The Morgan fingerprint density at radius 1 is 1.33 bits per heavy atom. The van der Waals surface area contributed by atoms with E-state index in [9.17, 15) is 9.59 Å². The number of carbonyl (C=O) groups is 2. The third kappa shape index (κ3) is 3.61. The van der Waals surface area contributed by atoms with Crippen LogP contribution in [0.15, 0.2) is 30.3 Å². The average molecular weight is 289 g/mol. The second kappa shape index (κ2) is 6.26. The topological polar surface area (TPSA) is 89.4 Å². The first-order valence-corrected chi connectivity index (χ1v) is 7.30. The molecule has 5 heteroatoms. The third-order valence-corrected chi connectivity index (χ3v) is 4.32. The van der Waals surface area contributed by atoms with E-state index in [0.29, 0.717) is 32.4 Å². The Morgan fingerprint density at radius 2 is 2.00 bits per heavy atom. The summed E-state index contributed by atoms with van der Waals surface area (Å²) in [4.78, 5) is 25.3. The summed E-state index contributed by atoms with van der Waals surface area (Å²) >= 11 is 0. The summed E-state index contributed by atoms with van der Waals surface area (Å²) in [6, 6.07) is 9.62. The Kier molecular flexibility index (Phi) is 4.63. The fourth-order valence-corrected chi connectivity index (χ4v) is 2.68. The van der Waals surface area contributed by atoms with Crippen LogP contribution in [0.3, 0.4) is 0 Å². The number of hydrogen-bond donors (Lipinski definition) is 2. The maximum atomic E-state index is 12.2. The first-order valence-electron chi connectivity index (χ1n) is 7.30. The standard InChI is InChI=1S/C16H23N3O2/c1-16(15(18)21)9-10-19(11-16)14(20)8-7-13(17)12-5-3-2-4-6-12/h2-6,13H,7-11,17H2,1H3,(H2,18,21). The van der Waals surface area contributed by atoms with Crippen LogP contribution in [0.4, 0.5) is 0 Å². The van der Waals surface area contributed by atoms with Crippen molar-refractivity contribution in [2.75, 3.05) is 13.1 Å². The second-order valence-corrected chi connectivity index (χ2v) is 6.05. The van der Waals surface area contributed by atoms with Crippen LogP contribution in [0.25, 0.3) is 0 Å². The van der Waals surface area contributed by atoms with Crippen LogP contribution in [0.5, 0.6) is 0 Å². The zero-order valence-corrected chi connectivity index (χ0v) is 12.4. The highest BCUT2D eigenvalue weighted by Crippen LogP contribution is 2.30. The SMILES string of the molecule is CC1(C(N)=O)CCN(C(=O)CCC(N)c2ccccc2)C1. The minimum Gasteiger partial charge on any atom is -0.369 e. The van der Waals surface area contributed by atoms with Gasteiger partial charge in [0, 0.05) is 25.6 Å². The highest BCUT2D eigenvalue weighted by atomic mass is 16.2. The van der Waals surface area contributed by atoms with E-state index in [2.05, 4.69) is 0 Å². The second-order valence-electron chi connectivity index (χ2n) is 6.05. The number of likely N-dealkylation sites (tertiary alicyclic amines) is 1. The van der Waals surface area contributed by atoms with Crippen molar-refractivity contribution in [2.24, 2.45) is 16.9 Å². The Labute approximate surface area is 125 Å². The van der Waals surface area contributed by atoms with Gasteiger partial charge in [0.05, 0.1) is 5.41 Å². The predicted molar refractivity (Wildman–Crippen MR) is 81.1 cm³/mol. The summed E-state index contributed by atoms with van der Waals surface area (Å²) in [5.41, 5.74) is 11.9. The van der Waals surface area contributed by atoms with Crippen molar-refractivity contribution >= 4 is 11.8 Å². The lowest BCUT2D eigenvalue weighted by Crippen LogP contribution is -2.38. The molecule has 2 atom stereocenters. The summed E-state index contributed by atoms with van der Waals surface area (Å²) in [7, 11) is 0. The molecule has 0 bridgehead atoms. The quantitative estimate of drug-likeness (QED) is 0.853. The van der Waals surface area contributed by atoms with Gasteiger partial charge >= 0.3 is 0 Å². The van der Waals surface area contributed by atoms with Gasteiger partial charge in [-0.2, -0.15) is 0 Å². The molecular formula is C16H23N3O2. The predicted octanol–water partition coefficient (Wildman–Crippen LogP) is 1.19. The van der Waals surface area contributed by atoms with Crippen molar-refractivity contribution in [3.8, 4) is 0 Å². The molecule has 1 saturated heterocycles. The lowest BCUT2D eigenvalue weighted by atomic mass is 9.89. The molecule has 1 aliphatic heterocycles. The number of carbonyl (C=O) groups excluding carboxylic acids is 2. The number of rotatable bonds is 5. The van der Waals surface area contributed by atoms with Crippen LogP contribution >= 0.6 is 0 Å². The smallest absolute Gasteiger partial charge is 0.225 e. The van der Waals surface area contributed by atoms with E-state index >= 15 is 0 Å². The zero-order chi connectivity index (χ0) is 15.5. The van der Waals surface area contributed by atoms with Gasteiger partial charge in [0.15, 0.2) is 0 Å². The number of amides is 2. The molecule has 1 heterocycles. The molecule has 1 aliphatic rings. The summed E-state index contributed by atoms with van der Waals surface area (Å²) in [5, 5.41) is 0. The van der Waals surface area contributed by atoms with E-state index in [4.69, 9.17) is 11.5 Å². The lowest BCUT2D eigenvalue weighted by molar-refractivity contribution is -0.131. The highest BCUT2D eigenvalue weighted by molar-refractivity contribution is 5.83. The van der Waals surface area contributed by atoms with Crippen LogP contribution in [0.1, 0.15) is 37.8 Å². The first kappa shape index (κ1) is 15.5. The molecule has 21 heavy (non-hydrogen) atoms. The van der Waals surface area contributed by atoms with E-state index in [-0.39, 0.29) is 17.9 Å². The maximum Gasteiger partial charge on any atom is 0.225 e. The van der Waals surface area contributed by atoms with Crippen molar-refractivity contribution in [1.29, 1.82) is 0 Å². The number of primary amides is 1. The molecule has 1 aromatic rings. The van der Waals surface area contributed by atoms with Crippen LogP contribution in [-0.4, -0.2) is 29.8 Å². The van der Waals surface area contributed by atoms with E-state index in [1.54, 1.807) is 4.90 Å². The number of nitrogens with zero attached hydrogens (tertiary/aromatic N) is 1. The van der Waals surface area contributed by atoms with Gasteiger partial charge in [-0.15, -0.1) is 0 Å². The van der Waals surface area contributed by atoms with Gasteiger partial charge in [0.25, 0.3) is 0 Å². The molecular weight excluding hydrogens is 266 g/mol. The number of benzene rings is 1. The molecule has 0 aromatic heterocycles. The van der Waals surface area contributed by atoms with Crippen molar-refractivity contribution in [2.45, 2.75) is 32.2 Å². The lowest BCUT2D eigenvalue weighted by Gasteiger charge is -2.21. The molecule has 114 valence electrons. The molecule has 2 rings (SSSR count). The Morgan fingerprint density at radius 3 is 2.57 bits per heavy atom. The molecule has 4 N–H and O–H groups in total. The molecule has 0 spiro atoms. The summed E-state index contributed by atoms with van der Waals surface area (Å²) in [5.74, 6) is -0.287. The Hall–Kier alpha value is -1.88. The average Bonchev–Trinajstić information content (AvgIpc) is 2.89. The zero-order valence-electron chi connectivity index (χ0n) is 12.4. The van der Waals surface area contributed by atoms with Gasteiger partial charge in [0.1, 0.15) is 0 Å². The maximum absolute atomic E-state index is 12.2. The van der Waals surface area contributed by atoms with Gasteiger partial charge in [0.2, 0.25) is 11.8 Å². The van der Waals surface area contributed by atoms with E-state index in [1.807, 2.05) is 37.3 Å². The Balaban J connectivity index is 1.85. The summed E-state index contributed by atoms with van der Waals surface area (Å²) in [6.07, 6.45) is 1.64. The van der Waals surface area contributed by atoms with Gasteiger partial charge in [-0.1, -0.05) is 30.3 Å². The monoisotopic (exact) mass is 289 g/mol. The first-order chi connectivity index (χ1) is 9.92. The van der Waals surface area contributed by atoms with Gasteiger partial charge in [-0.05, 0) is 25.3 Å². The van der Waals surface area contributed by atoms with Crippen LogP contribution in [0.2, 0.25) is 0 Å². The number of nitrogens with two attached hydrogens (primary N) is 2. The third-order valence-electron chi connectivity index (χ3n) is 4.32. The van der Waals surface area contributed by atoms with Crippen LogP contribution in [-0.2, 0) is 9.59 Å². The van der Waals surface area contributed by atoms with E-state index < -0.39 is 5.41 Å². The molecule has 0 aliphatic carbocycles. The molecule has 2 amide bonds. The summed E-state index contributed by atoms with van der Waals surface area (Å²) in [6.45, 7) is 2.83. The minimum atomic E-state index is -0.586. The number of hydrogen-bond acceptors (Lipinski definition) is 3. The normalized spacial score (nSPS) is 23.0. The van der Waals surface area contributed by atoms with Crippen molar-refractivity contribution in [1.82, 2.24) is 4.90 Å². The largest absolute Gasteiger partial charge is 0.369 e. The Bertz CT molecular complexity index is 518. The van der Waals surface area contributed by atoms with E-state index in [0.717, 1.165) is 5.56 Å². The van der Waals surface area contributed by atoms with Crippen LogP contribution in [0, 0.1) is 5.41 Å². The fraction of sp³-hybridized carbons (Fsp3) is 0.500. The van der Waals surface area contributed by atoms with Crippen molar-refractivity contribution in [3.63, 3.8) is 0 Å². The molecule has 2 unspecified atom stereocenters. The molecule has 5 nitrogen and oxygen atoms in total. The molecule has 1 fully saturated rings. The molecule has 1 aromatic carbocycles. The summed E-state index contributed by atoms with van der Waals surface area (Å²) < 4.78 is 0. The molecule has 0 radical (unpaired) electrons.